The van der Waals surface area contributed by atoms with E-state index in [9.17, 15) is 14.7 Å². The molecule has 1 aliphatic rings. The number of nitrogens with zero attached hydrogens (tertiary/aromatic N) is 1. The quantitative estimate of drug-likeness (QED) is 0.486. The van der Waals surface area contributed by atoms with E-state index >= 15 is 0 Å². The van der Waals surface area contributed by atoms with Crippen LogP contribution in [0.4, 0.5) is 0 Å². The van der Waals surface area contributed by atoms with Crippen LogP contribution in [0.15, 0.2) is 29.0 Å². The molecule has 1 rings (SSSR count). The number of ketones is 1. The van der Waals surface area contributed by atoms with Crippen LogP contribution in [-0.2, 0) is 14.3 Å². The van der Waals surface area contributed by atoms with E-state index < -0.39 is 17.3 Å². The Kier molecular flexibility index (Phi) is 4.87. The number of aliphatic hydroxyl groups excluding tert-OH is 1. The summed E-state index contributed by atoms with van der Waals surface area (Å²) in [5.74, 6) is -1.86. The molecular formula is C15H21NO4. The third-order valence-corrected chi connectivity index (χ3v) is 3.46. The van der Waals surface area contributed by atoms with Gasteiger partial charge in [-0.2, -0.15) is 0 Å². The Bertz CT molecular complexity index is 500. The fourth-order valence-electron chi connectivity index (χ4n) is 2.48. The zero-order valence-electron chi connectivity index (χ0n) is 12.4. The smallest absolute Gasteiger partial charge is 0.316 e. The molecule has 1 unspecified atom stereocenters. The minimum absolute atomic E-state index is 0.126. The van der Waals surface area contributed by atoms with Gasteiger partial charge in [-0.1, -0.05) is 19.9 Å². The number of carbonyl (C=O) groups excluding carboxylic acids is 2. The lowest BCUT2D eigenvalue weighted by Crippen LogP contribution is -2.41. The fourth-order valence-corrected chi connectivity index (χ4v) is 2.48. The summed E-state index contributed by atoms with van der Waals surface area (Å²) in [5, 5.41) is 10.4. The summed E-state index contributed by atoms with van der Waals surface area (Å²) in [6.07, 6.45) is 1.75. The molecule has 110 valence electrons. The van der Waals surface area contributed by atoms with Crippen molar-refractivity contribution in [2.24, 2.45) is 16.3 Å². The Balaban J connectivity index is 3.36. The molecule has 0 fully saturated rings. The maximum atomic E-state index is 12.2. The highest BCUT2D eigenvalue weighted by Gasteiger charge is 2.47. The van der Waals surface area contributed by atoms with Crippen molar-refractivity contribution in [2.45, 2.75) is 27.2 Å². The van der Waals surface area contributed by atoms with Crippen LogP contribution in [0.1, 0.15) is 27.2 Å². The summed E-state index contributed by atoms with van der Waals surface area (Å²) >= 11 is 0. The van der Waals surface area contributed by atoms with Gasteiger partial charge in [0, 0.05) is 12.1 Å². The summed E-state index contributed by atoms with van der Waals surface area (Å²) in [4.78, 5) is 28.2. The molecule has 0 aromatic rings. The Morgan fingerprint density at radius 1 is 1.60 bits per heavy atom. The molecule has 0 bridgehead atoms. The van der Waals surface area contributed by atoms with Crippen molar-refractivity contribution in [3.05, 3.63) is 24.0 Å². The van der Waals surface area contributed by atoms with Crippen molar-refractivity contribution in [3.63, 3.8) is 0 Å². The summed E-state index contributed by atoms with van der Waals surface area (Å²) in [6, 6.07) is 0. The van der Waals surface area contributed by atoms with Crippen LogP contribution in [-0.4, -0.2) is 36.2 Å². The number of hydrogen-bond acceptors (Lipinski definition) is 5. The van der Waals surface area contributed by atoms with E-state index in [1.165, 1.54) is 7.11 Å². The molecule has 0 heterocycles. The molecule has 0 saturated heterocycles. The molecule has 0 aromatic carbocycles. The van der Waals surface area contributed by atoms with E-state index in [-0.39, 0.29) is 23.5 Å². The Morgan fingerprint density at radius 2 is 2.20 bits per heavy atom. The van der Waals surface area contributed by atoms with Crippen LogP contribution in [0.2, 0.25) is 0 Å². The Labute approximate surface area is 119 Å². The molecule has 1 N–H and O–H groups in total. The van der Waals surface area contributed by atoms with Gasteiger partial charge >= 0.3 is 5.97 Å². The van der Waals surface area contributed by atoms with Gasteiger partial charge in [-0.15, -0.1) is 6.58 Å². The SMILES string of the molecule is C=CCN=C(C)C1=C(O)C(C(=O)OC)C(C)(C)CC1=O. The zero-order valence-corrected chi connectivity index (χ0v) is 12.4. The van der Waals surface area contributed by atoms with Gasteiger partial charge in [0.2, 0.25) is 0 Å². The summed E-state index contributed by atoms with van der Waals surface area (Å²) in [7, 11) is 1.26. The minimum Gasteiger partial charge on any atom is -0.511 e. The topological polar surface area (TPSA) is 76.0 Å². The highest BCUT2D eigenvalue weighted by molar-refractivity contribution is 6.23. The number of ether oxygens (including phenoxy) is 1. The second-order valence-corrected chi connectivity index (χ2v) is 5.52. The zero-order chi connectivity index (χ0) is 15.5. The highest BCUT2D eigenvalue weighted by atomic mass is 16.5. The van der Waals surface area contributed by atoms with Crippen LogP contribution in [0.3, 0.4) is 0 Å². The van der Waals surface area contributed by atoms with Gasteiger partial charge in [-0.05, 0) is 12.3 Å². The first-order chi connectivity index (χ1) is 9.26. The highest BCUT2D eigenvalue weighted by Crippen LogP contribution is 2.42. The molecular weight excluding hydrogens is 258 g/mol. The van der Waals surface area contributed by atoms with Crippen molar-refractivity contribution >= 4 is 17.5 Å². The summed E-state index contributed by atoms with van der Waals surface area (Å²) < 4.78 is 4.74. The van der Waals surface area contributed by atoms with Crippen molar-refractivity contribution < 1.29 is 19.4 Å². The molecule has 5 heteroatoms. The van der Waals surface area contributed by atoms with Crippen molar-refractivity contribution in [1.82, 2.24) is 0 Å². The number of rotatable bonds is 4. The predicted molar refractivity (Wildman–Crippen MR) is 76.7 cm³/mol. The molecule has 0 aromatic heterocycles. The van der Waals surface area contributed by atoms with E-state index in [2.05, 4.69) is 11.6 Å². The van der Waals surface area contributed by atoms with Crippen LogP contribution in [0, 0.1) is 11.3 Å². The number of methoxy groups -OCH3 is 1. The normalized spacial score (nSPS) is 22.7. The number of allylic oxidation sites excluding steroid dienone is 1. The van der Waals surface area contributed by atoms with Crippen molar-refractivity contribution in [3.8, 4) is 0 Å². The molecule has 0 amide bonds. The van der Waals surface area contributed by atoms with Crippen LogP contribution >= 0.6 is 0 Å². The van der Waals surface area contributed by atoms with Gasteiger partial charge in [0.15, 0.2) is 5.78 Å². The average Bonchev–Trinajstić information content (AvgIpc) is 2.34. The molecule has 5 nitrogen and oxygen atoms in total. The van der Waals surface area contributed by atoms with Gasteiger partial charge < -0.3 is 9.84 Å². The second-order valence-electron chi connectivity index (χ2n) is 5.52. The van der Waals surface area contributed by atoms with Crippen LogP contribution in [0.25, 0.3) is 0 Å². The maximum Gasteiger partial charge on any atom is 0.316 e. The van der Waals surface area contributed by atoms with Gasteiger partial charge in [0.05, 0.1) is 19.2 Å². The number of esters is 1. The van der Waals surface area contributed by atoms with Crippen molar-refractivity contribution in [1.29, 1.82) is 0 Å². The lowest BCUT2D eigenvalue weighted by molar-refractivity contribution is -0.150. The largest absolute Gasteiger partial charge is 0.511 e. The van der Waals surface area contributed by atoms with E-state index in [0.717, 1.165) is 0 Å². The molecule has 0 spiro atoms. The van der Waals surface area contributed by atoms with Gasteiger partial charge in [0.1, 0.15) is 11.7 Å². The van der Waals surface area contributed by atoms with Gasteiger partial charge in [-0.25, -0.2) is 0 Å². The number of aliphatic hydroxyl groups is 1. The molecule has 0 aliphatic heterocycles. The Morgan fingerprint density at radius 3 is 2.70 bits per heavy atom. The number of hydrogen-bond donors (Lipinski definition) is 1. The monoisotopic (exact) mass is 279 g/mol. The first-order valence-corrected chi connectivity index (χ1v) is 6.42. The van der Waals surface area contributed by atoms with E-state index in [1.54, 1.807) is 26.8 Å². The van der Waals surface area contributed by atoms with Gasteiger partial charge in [-0.3, -0.25) is 14.6 Å². The number of Topliss-reactive ketones (excluding diaryl/α,β-unsaturated/α-hetero) is 1. The fraction of sp³-hybridized carbons (Fsp3) is 0.533. The first-order valence-electron chi connectivity index (χ1n) is 6.42. The average molecular weight is 279 g/mol. The number of aliphatic imine (C=N–C) groups is 1. The third kappa shape index (κ3) is 2.98. The number of carbonyl (C=O) groups is 2. The maximum absolute atomic E-state index is 12.2. The first kappa shape index (κ1) is 16.1. The minimum atomic E-state index is -0.853. The van der Waals surface area contributed by atoms with Gasteiger partial charge in [0.25, 0.3) is 0 Å². The lowest BCUT2D eigenvalue weighted by Gasteiger charge is -2.36. The summed E-state index contributed by atoms with van der Waals surface area (Å²) in [5.41, 5.74) is -0.144. The van der Waals surface area contributed by atoms with E-state index in [4.69, 9.17) is 4.74 Å². The lowest BCUT2D eigenvalue weighted by atomic mass is 9.68. The summed E-state index contributed by atoms with van der Waals surface area (Å²) in [6.45, 7) is 9.06. The van der Waals surface area contributed by atoms with E-state index in [0.29, 0.717) is 12.3 Å². The molecule has 0 saturated carbocycles. The second kappa shape index (κ2) is 6.03. The predicted octanol–water partition coefficient (Wildman–Crippen LogP) is 2.23. The van der Waals surface area contributed by atoms with Crippen LogP contribution in [0.5, 0.6) is 0 Å². The van der Waals surface area contributed by atoms with Crippen LogP contribution < -0.4 is 0 Å². The third-order valence-electron chi connectivity index (χ3n) is 3.46. The van der Waals surface area contributed by atoms with E-state index in [1.807, 2.05) is 0 Å². The molecule has 20 heavy (non-hydrogen) atoms. The van der Waals surface area contributed by atoms with Crippen molar-refractivity contribution in [2.75, 3.05) is 13.7 Å². The molecule has 0 radical (unpaired) electrons. The Hall–Kier alpha value is -1.91. The molecule has 1 atom stereocenters. The molecule has 1 aliphatic carbocycles. The standard InChI is InChI=1S/C15H21NO4/c1-6-7-16-9(2)11-10(17)8-15(3,4)12(13(11)18)14(19)20-5/h6,12,18H,1,7-8H2,2-5H3.